The third-order valence-corrected chi connectivity index (χ3v) is 18.7. The van der Waals surface area contributed by atoms with Gasteiger partial charge in [-0.2, -0.15) is 19.9 Å². The highest BCUT2D eigenvalue weighted by molar-refractivity contribution is 5.98. The summed E-state index contributed by atoms with van der Waals surface area (Å²) in [4.78, 5) is 121. The van der Waals surface area contributed by atoms with E-state index in [9.17, 15) is 33.6 Å². The Morgan fingerprint density at radius 1 is 0.508 bits per heavy atom. The highest BCUT2D eigenvalue weighted by atomic mass is 16.5. The number of esters is 1. The lowest BCUT2D eigenvalue weighted by Crippen LogP contribution is -2.43. The van der Waals surface area contributed by atoms with Crippen LogP contribution in [0, 0.1) is 12.3 Å². The van der Waals surface area contributed by atoms with E-state index >= 15 is 0 Å². The van der Waals surface area contributed by atoms with Gasteiger partial charge < -0.3 is 29.2 Å². The summed E-state index contributed by atoms with van der Waals surface area (Å²) in [6.45, 7) is 48.9. The summed E-state index contributed by atoms with van der Waals surface area (Å²) in [5.74, 6) is 0.384. The van der Waals surface area contributed by atoms with E-state index < -0.39 is 5.41 Å². The maximum absolute atomic E-state index is 12.6. The standard InChI is InChI=1S/C28H31N5O4.C17H20N2O.C16H16N4O.C16H18N2O.C9H14N2O.C8H12N2O/c1-18(2)33-17-29-23-24(33)31-27(30-22(34)15-19-9-7-6-8-10-19)32-25(23)36-16-20-11-13-21(14-12-20)37-26(35)28(3,4)5;1-12(2)19-11-14(4)16(18-17(19)20)10-13(3)15-8-6-5-7-9-15;1-11(2)20-10-19-15-13(17-9-18-16(15)20)8-14(21)12-6-4-3-5-7-12;1-12(2)18-10-9-15(17-16(18)19)11-13(3)14-7-5-4-6-8-14;1-6(2)11-5-7(3)8(4)10-9(11)12;1-6(2)10-5-4-7(3)9-8(10)11/h6-14,17-18H,15-16H2,1-5H3,(H,30,31,32,34);5-9,11-12H,3,10H2,1-2,4H3;3-7,9-11H,8H2,1-2H3;4-10,12H,3,11H2,1-2H3;5-6H,4H2,1-3H3,(H,10,12);4-6H,3H2,1-2H3,(H,9,11). The monoisotopic (exact) mass is 1620 g/mol. The van der Waals surface area contributed by atoms with Crippen LogP contribution in [0.15, 0.2) is 254 Å². The topological polar surface area (TPSA) is 303 Å². The third-order valence-electron chi connectivity index (χ3n) is 18.7. The Morgan fingerprint density at radius 2 is 1.03 bits per heavy atom. The molecular weight excluding hydrogens is 1510 g/mol. The number of ether oxygens (including phenoxy) is 2. The Labute approximate surface area is 702 Å². The Bertz CT molecular complexity index is 5600. The lowest BCUT2D eigenvalue weighted by atomic mass is 9.97. The Hall–Kier alpha value is -13.7. The molecule has 2 aliphatic heterocycles. The minimum absolute atomic E-state index is 0.0368. The number of rotatable bonds is 22. The van der Waals surface area contributed by atoms with Crippen LogP contribution in [0.25, 0.3) is 33.5 Å². The van der Waals surface area contributed by atoms with Crippen molar-refractivity contribution >= 4 is 69.1 Å². The number of nitrogens with zero attached hydrogens (tertiary/aromatic N) is 14. The van der Waals surface area contributed by atoms with Crippen molar-refractivity contribution in [3.8, 4) is 11.6 Å². The van der Waals surface area contributed by atoms with Crippen LogP contribution in [-0.2, 0) is 41.9 Å². The molecule has 26 nitrogen and oxygen atoms in total. The Balaban J connectivity index is 0.000000188. The number of allylic oxidation sites excluding steroid dienone is 4. The molecule has 6 aromatic heterocycles. The maximum atomic E-state index is 12.6. The second-order valence-corrected chi connectivity index (χ2v) is 31.4. The summed E-state index contributed by atoms with van der Waals surface area (Å²) in [6.07, 6.45) is 15.6. The van der Waals surface area contributed by atoms with Gasteiger partial charge in [-0.3, -0.25) is 38.6 Å². The molecule has 2 aliphatic rings. The average Bonchev–Trinajstić information content (AvgIpc) is 1.66. The van der Waals surface area contributed by atoms with Crippen LogP contribution in [0.4, 0.5) is 15.5 Å². The van der Waals surface area contributed by atoms with Crippen LogP contribution >= 0.6 is 0 Å². The van der Waals surface area contributed by atoms with Gasteiger partial charge in [-0.15, -0.1) is 0 Å². The number of Topliss-reactive ketones (excluding diaryl/α,β-unsaturated/α-hetero) is 1. The molecule has 0 fully saturated rings. The zero-order valence-corrected chi connectivity index (χ0v) is 71.8. The van der Waals surface area contributed by atoms with Crippen molar-refractivity contribution in [2.45, 2.75) is 186 Å². The summed E-state index contributed by atoms with van der Waals surface area (Å²) in [7, 11) is 0. The quantitative estimate of drug-likeness (QED) is 0.0322. The third kappa shape index (κ3) is 26.4. The molecule has 0 radical (unpaired) electrons. The van der Waals surface area contributed by atoms with Gasteiger partial charge in [0.2, 0.25) is 17.7 Å². The lowest BCUT2D eigenvalue weighted by molar-refractivity contribution is -0.143. The van der Waals surface area contributed by atoms with Crippen molar-refractivity contribution in [3.05, 3.63) is 316 Å². The van der Waals surface area contributed by atoms with Crippen molar-refractivity contribution in [3.63, 3.8) is 0 Å². The first-order valence-corrected chi connectivity index (χ1v) is 39.8. The smallest absolute Gasteiger partial charge is 0.348 e. The summed E-state index contributed by atoms with van der Waals surface area (Å²) in [5, 5.41) is 8.09. The van der Waals surface area contributed by atoms with Crippen LogP contribution in [0.5, 0.6) is 11.6 Å². The molecule has 626 valence electrons. The summed E-state index contributed by atoms with van der Waals surface area (Å²) in [6, 6.07) is 48.4. The van der Waals surface area contributed by atoms with E-state index in [1.807, 2.05) is 244 Å². The van der Waals surface area contributed by atoms with E-state index in [1.165, 1.54) is 6.33 Å². The summed E-state index contributed by atoms with van der Waals surface area (Å²) >= 11 is 0. The molecule has 13 rings (SSSR count). The van der Waals surface area contributed by atoms with Crippen molar-refractivity contribution in [1.82, 2.24) is 78.6 Å². The molecule has 0 spiro atoms. The number of aromatic nitrogens is 12. The molecule has 5 aromatic carbocycles. The molecule has 120 heavy (non-hydrogen) atoms. The molecule has 8 heterocycles. The van der Waals surface area contributed by atoms with Gasteiger partial charge in [0, 0.05) is 90.8 Å². The first-order valence-electron chi connectivity index (χ1n) is 39.8. The minimum Gasteiger partial charge on any atom is -0.471 e. The van der Waals surface area contributed by atoms with E-state index in [4.69, 9.17) is 9.47 Å². The number of aryl methyl sites for hydroxylation is 1. The van der Waals surface area contributed by atoms with Crippen LogP contribution in [0.1, 0.15) is 190 Å². The zero-order chi connectivity index (χ0) is 87.7. The number of anilines is 1. The number of hydrogen-bond acceptors (Lipinski definition) is 17. The van der Waals surface area contributed by atoms with Gasteiger partial charge in [-0.25, -0.2) is 39.1 Å². The number of benzene rings is 5. The van der Waals surface area contributed by atoms with Crippen LogP contribution < -0.4 is 36.8 Å². The molecule has 0 unspecified atom stereocenters. The molecular formula is C94H111N17O9. The first-order chi connectivity index (χ1) is 57.0. The average molecular weight is 1620 g/mol. The molecule has 5 amide bonds. The van der Waals surface area contributed by atoms with Crippen molar-refractivity contribution < 1.29 is 33.4 Å². The number of amides is 5. The van der Waals surface area contributed by atoms with Gasteiger partial charge in [0.15, 0.2) is 22.6 Å². The van der Waals surface area contributed by atoms with Crippen molar-refractivity contribution in [1.29, 1.82) is 0 Å². The highest BCUT2D eigenvalue weighted by Crippen LogP contribution is 2.29. The maximum Gasteiger partial charge on any atom is 0.348 e. The molecule has 0 aliphatic carbocycles. The normalized spacial score (nSPS) is 12.4. The Kier molecular flexibility index (Phi) is 32.9. The molecule has 26 heteroatoms. The van der Waals surface area contributed by atoms with Gasteiger partial charge >= 0.3 is 29.4 Å². The predicted molar refractivity (Wildman–Crippen MR) is 474 cm³/mol. The van der Waals surface area contributed by atoms with E-state index in [0.717, 1.165) is 61.6 Å². The zero-order valence-electron chi connectivity index (χ0n) is 71.8. The van der Waals surface area contributed by atoms with Crippen molar-refractivity contribution in [2.24, 2.45) is 5.41 Å². The first kappa shape index (κ1) is 91.9. The largest absolute Gasteiger partial charge is 0.471 e. The van der Waals surface area contributed by atoms with Crippen LogP contribution in [0.2, 0.25) is 0 Å². The summed E-state index contributed by atoms with van der Waals surface area (Å²) < 4.78 is 18.6. The number of fused-ring (bicyclic) bond motifs is 2. The number of urea groups is 2. The summed E-state index contributed by atoms with van der Waals surface area (Å²) in [5.41, 5.74) is 13.7. The van der Waals surface area contributed by atoms with E-state index in [2.05, 4.69) is 96.0 Å². The van der Waals surface area contributed by atoms with E-state index in [-0.39, 0.29) is 109 Å². The molecule has 0 saturated heterocycles. The molecule has 3 N–H and O–H groups in total. The number of nitrogens with one attached hydrogen (secondary N) is 3. The van der Waals surface area contributed by atoms with Gasteiger partial charge in [0.25, 0.3) is 0 Å². The number of ketones is 1. The lowest BCUT2D eigenvalue weighted by Gasteiger charge is -2.28. The number of hydrogen-bond donors (Lipinski definition) is 3. The fourth-order valence-electron chi connectivity index (χ4n) is 11.7. The van der Waals surface area contributed by atoms with Crippen LogP contribution in [-0.4, -0.2) is 110 Å². The number of carbonyl (C=O) groups is 5. The second kappa shape index (κ2) is 43.0. The fraction of sp³-hybridized carbons (Fsp3) is 0.309. The number of imidazole rings is 2. The molecule has 0 atom stereocenters. The van der Waals surface area contributed by atoms with Gasteiger partial charge in [-0.05, 0) is 187 Å². The van der Waals surface area contributed by atoms with E-state index in [0.29, 0.717) is 57.9 Å². The predicted octanol–water partition coefficient (Wildman–Crippen LogP) is 17.7. The van der Waals surface area contributed by atoms with Gasteiger partial charge in [0.1, 0.15) is 24.2 Å². The molecule has 0 bridgehead atoms. The molecule has 11 aromatic rings. The molecule has 0 saturated carbocycles. The minimum atomic E-state index is -0.590. The van der Waals surface area contributed by atoms with Crippen LogP contribution in [0.3, 0.4) is 0 Å². The van der Waals surface area contributed by atoms with E-state index in [1.54, 1.807) is 83.0 Å². The van der Waals surface area contributed by atoms with Crippen molar-refractivity contribution in [2.75, 3.05) is 5.32 Å². The second-order valence-electron chi connectivity index (χ2n) is 31.4. The van der Waals surface area contributed by atoms with Gasteiger partial charge in [-0.1, -0.05) is 160 Å². The van der Waals surface area contributed by atoms with Gasteiger partial charge in [0.05, 0.1) is 48.0 Å². The Morgan fingerprint density at radius 3 is 1.57 bits per heavy atom. The SMILES string of the molecule is C=C(Cc1ccn(C(C)C)c(=O)n1)c1ccccc1.C=C(Cc1nc(=O)n(C(C)C)cc1C)c1ccccc1.C=C1C=CN(C(C)C)C(=O)N1.C=C1NC(=O)N(C(C)C)C=C1C.CC(C)n1cnc2c(CC(=O)c3ccccc3)ncnc21.CC(C)n1cnc2c(OCc3ccc(OC(=O)C(C)(C)C)cc3)nc(NC(=O)Cc3ccccc3)nc21. The fourth-order valence-corrected chi connectivity index (χ4v) is 11.7. The number of carbonyl (C=O) groups excluding carboxylic acids is 5. The highest BCUT2D eigenvalue weighted by Gasteiger charge is 2.26.